The molecule has 11 rings (SSSR count). The molecule has 0 radical (unpaired) electrons. The van der Waals surface area contributed by atoms with Crippen molar-refractivity contribution < 1.29 is 4.42 Å². The molecular formula is C50H31NOS. The topological polar surface area (TPSA) is 16.4 Å². The number of fused-ring (bicyclic) bond motifs is 9. The second kappa shape index (κ2) is 11.9. The first-order valence-corrected chi connectivity index (χ1v) is 18.8. The van der Waals surface area contributed by atoms with Crippen molar-refractivity contribution >= 4 is 92.1 Å². The molecule has 0 spiro atoms. The minimum absolute atomic E-state index is 0.879. The van der Waals surface area contributed by atoms with E-state index in [0.717, 1.165) is 44.4 Å². The third-order valence-electron chi connectivity index (χ3n) is 10.7. The summed E-state index contributed by atoms with van der Waals surface area (Å²) in [6.45, 7) is 0. The van der Waals surface area contributed by atoms with Crippen molar-refractivity contribution in [1.29, 1.82) is 0 Å². The Hall–Kier alpha value is -6.68. The molecule has 0 N–H and O–H groups in total. The molecule has 0 aliphatic carbocycles. The van der Waals surface area contributed by atoms with Crippen LogP contribution < -0.4 is 4.90 Å². The van der Waals surface area contributed by atoms with Gasteiger partial charge in [-0.15, -0.1) is 11.3 Å². The molecule has 53 heavy (non-hydrogen) atoms. The largest absolute Gasteiger partial charge is 0.455 e. The first-order chi connectivity index (χ1) is 26.3. The number of anilines is 3. The van der Waals surface area contributed by atoms with Crippen LogP contribution in [0.2, 0.25) is 0 Å². The summed E-state index contributed by atoms with van der Waals surface area (Å²) in [4.78, 5) is 2.39. The average molecular weight is 694 g/mol. The van der Waals surface area contributed by atoms with E-state index in [2.05, 4.69) is 193 Å². The van der Waals surface area contributed by atoms with Gasteiger partial charge in [0.2, 0.25) is 0 Å². The Morgan fingerprint density at radius 1 is 0.396 bits per heavy atom. The van der Waals surface area contributed by atoms with Gasteiger partial charge < -0.3 is 9.32 Å². The fraction of sp³-hybridized carbons (Fsp3) is 0. The summed E-state index contributed by atoms with van der Waals surface area (Å²) in [6.07, 6.45) is 0. The Bertz CT molecular complexity index is 3160. The van der Waals surface area contributed by atoms with Crippen LogP contribution in [0.25, 0.3) is 85.9 Å². The molecule has 0 atom stereocenters. The maximum absolute atomic E-state index is 6.66. The molecule has 0 saturated carbocycles. The van der Waals surface area contributed by atoms with Gasteiger partial charge >= 0.3 is 0 Å². The maximum atomic E-state index is 6.66. The van der Waals surface area contributed by atoms with E-state index in [-0.39, 0.29) is 0 Å². The number of thiophene rings is 1. The zero-order chi connectivity index (χ0) is 34.9. The van der Waals surface area contributed by atoms with Crippen molar-refractivity contribution in [3.05, 3.63) is 188 Å². The van der Waals surface area contributed by atoms with Crippen molar-refractivity contribution in [1.82, 2.24) is 0 Å². The molecule has 2 aromatic heterocycles. The van der Waals surface area contributed by atoms with Gasteiger partial charge in [0.25, 0.3) is 0 Å². The van der Waals surface area contributed by atoms with Gasteiger partial charge in [-0.1, -0.05) is 133 Å². The summed E-state index contributed by atoms with van der Waals surface area (Å²) in [7, 11) is 0. The van der Waals surface area contributed by atoms with E-state index < -0.39 is 0 Å². The Morgan fingerprint density at radius 2 is 1.02 bits per heavy atom. The predicted molar refractivity (Wildman–Crippen MR) is 227 cm³/mol. The number of furan rings is 1. The smallest absolute Gasteiger partial charge is 0.143 e. The zero-order valence-electron chi connectivity index (χ0n) is 28.7. The molecule has 0 unspecified atom stereocenters. The lowest BCUT2D eigenvalue weighted by molar-refractivity contribution is 0.672. The van der Waals surface area contributed by atoms with Crippen LogP contribution in [0.5, 0.6) is 0 Å². The molecule has 0 amide bonds. The fourth-order valence-electron chi connectivity index (χ4n) is 8.12. The molecule has 0 bridgehead atoms. The highest BCUT2D eigenvalue weighted by atomic mass is 32.1. The first-order valence-electron chi connectivity index (χ1n) is 18.0. The molecule has 2 nitrogen and oxygen atoms in total. The Balaban J connectivity index is 1.06. The highest BCUT2D eigenvalue weighted by Crippen LogP contribution is 2.46. The minimum Gasteiger partial charge on any atom is -0.455 e. The van der Waals surface area contributed by atoms with Crippen LogP contribution in [0.15, 0.2) is 192 Å². The summed E-state index contributed by atoms with van der Waals surface area (Å²) in [5.41, 5.74) is 9.92. The van der Waals surface area contributed by atoms with Gasteiger partial charge in [-0.25, -0.2) is 0 Å². The normalized spacial score (nSPS) is 11.8. The average Bonchev–Trinajstić information content (AvgIpc) is 3.80. The molecule has 3 heteroatoms. The van der Waals surface area contributed by atoms with Crippen molar-refractivity contribution in [3.63, 3.8) is 0 Å². The van der Waals surface area contributed by atoms with E-state index in [1.807, 2.05) is 11.3 Å². The number of hydrogen-bond donors (Lipinski definition) is 0. The molecule has 0 aliphatic heterocycles. The van der Waals surface area contributed by atoms with E-state index >= 15 is 0 Å². The molecule has 248 valence electrons. The van der Waals surface area contributed by atoms with Crippen LogP contribution in [0.1, 0.15) is 0 Å². The van der Waals surface area contributed by atoms with E-state index in [9.17, 15) is 0 Å². The van der Waals surface area contributed by atoms with Gasteiger partial charge in [0.05, 0.1) is 11.1 Å². The zero-order valence-corrected chi connectivity index (χ0v) is 29.5. The highest BCUT2D eigenvalue weighted by Gasteiger charge is 2.21. The quantitative estimate of drug-likeness (QED) is 0.178. The molecule has 0 fully saturated rings. The van der Waals surface area contributed by atoms with Gasteiger partial charge in [-0.3, -0.25) is 0 Å². The Kier molecular flexibility index (Phi) is 6.76. The number of benzene rings is 9. The number of rotatable bonds is 5. The van der Waals surface area contributed by atoms with Crippen molar-refractivity contribution in [2.75, 3.05) is 4.90 Å². The SMILES string of the molecule is c1ccc2c(-c3ccc(-c4ccc(N(c5ccc6sc7ccccc7c6c5)c5cccc6oc7c8ccccc8ccc7c56)cc4)cc3)cccc2c1. The summed E-state index contributed by atoms with van der Waals surface area (Å²) in [6, 6.07) is 68.0. The van der Waals surface area contributed by atoms with Crippen molar-refractivity contribution in [3.8, 4) is 22.3 Å². The van der Waals surface area contributed by atoms with Crippen LogP contribution in [-0.4, -0.2) is 0 Å². The van der Waals surface area contributed by atoms with Gasteiger partial charge in [-0.05, 0) is 93.0 Å². The second-order valence-corrected chi connectivity index (χ2v) is 14.8. The summed E-state index contributed by atoms with van der Waals surface area (Å²) in [5, 5.41) is 9.61. The molecule has 0 saturated heterocycles. The summed E-state index contributed by atoms with van der Waals surface area (Å²) >= 11 is 1.85. The van der Waals surface area contributed by atoms with Gasteiger partial charge in [0.15, 0.2) is 0 Å². The highest BCUT2D eigenvalue weighted by molar-refractivity contribution is 7.25. The van der Waals surface area contributed by atoms with E-state index in [0.29, 0.717) is 0 Å². The predicted octanol–water partition coefficient (Wildman–Crippen LogP) is 15.1. The minimum atomic E-state index is 0.879. The molecule has 11 aromatic rings. The van der Waals surface area contributed by atoms with Gasteiger partial charge in [-0.2, -0.15) is 0 Å². The standard InChI is InChI=1S/C50H31NOS/c1-3-12-39-34(9-1)11-7-15-40(39)36-21-19-32(20-22-36)33-23-26-37(27-24-33)51(38-28-30-48-44(31-38)42-14-5-6-18-47(42)53-48)45-16-8-17-46-49(45)43-29-25-35-10-2-4-13-41(35)50(43)52-46/h1-31H. The summed E-state index contributed by atoms with van der Waals surface area (Å²) < 4.78 is 9.25. The van der Waals surface area contributed by atoms with Crippen LogP contribution in [0, 0.1) is 0 Å². The van der Waals surface area contributed by atoms with Crippen molar-refractivity contribution in [2.24, 2.45) is 0 Å². The van der Waals surface area contributed by atoms with Crippen LogP contribution >= 0.6 is 11.3 Å². The van der Waals surface area contributed by atoms with E-state index in [4.69, 9.17) is 4.42 Å². The lowest BCUT2D eigenvalue weighted by Gasteiger charge is -2.26. The first kappa shape index (κ1) is 30.0. The number of nitrogens with zero attached hydrogens (tertiary/aromatic N) is 1. The van der Waals surface area contributed by atoms with Crippen molar-refractivity contribution in [2.45, 2.75) is 0 Å². The third-order valence-corrected chi connectivity index (χ3v) is 11.8. The maximum Gasteiger partial charge on any atom is 0.143 e. The molecule has 2 heterocycles. The Labute approximate surface area is 310 Å². The lowest BCUT2D eigenvalue weighted by Crippen LogP contribution is -2.10. The third kappa shape index (κ3) is 4.86. The van der Waals surface area contributed by atoms with Crippen LogP contribution in [-0.2, 0) is 0 Å². The van der Waals surface area contributed by atoms with Gasteiger partial charge in [0, 0.05) is 42.3 Å². The molecule has 0 aliphatic rings. The Morgan fingerprint density at radius 3 is 1.85 bits per heavy atom. The van der Waals surface area contributed by atoms with Gasteiger partial charge in [0.1, 0.15) is 11.2 Å². The summed E-state index contributed by atoms with van der Waals surface area (Å²) in [5.74, 6) is 0. The molecular weight excluding hydrogens is 663 g/mol. The fourth-order valence-corrected chi connectivity index (χ4v) is 9.21. The molecule has 9 aromatic carbocycles. The van der Waals surface area contributed by atoms with E-state index in [1.54, 1.807) is 0 Å². The monoisotopic (exact) mass is 693 g/mol. The van der Waals surface area contributed by atoms with Crippen LogP contribution in [0.3, 0.4) is 0 Å². The second-order valence-electron chi connectivity index (χ2n) is 13.7. The van der Waals surface area contributed by atoms with E-state index in [1.165, 1.54) is 58.6 Å². The number of hydrogen-bond acceptors (Lipinski definition) is 3. The van der Waals surface area contributed by atoms with Crippen LogP contribution in [0.4, 0.5) is 17.1 Å². The lowest BCUT2D eigenvalue weighted by atomic mass is 9.96.